The van der Waals surface area contributed by atoms with E-state index in [1.165, 1.54) is 13.5 Å². The average Bonchev–Trinajstić information content (AvgIpc) is 2.55. The second-order valence-electron chi connectivity index (χ2n) is 5.78. The van der Waals surface area contributed by atoms with Crippen LogP contribution in [0.15, 0.2) is 24.3 Å². The Labute approximate surface area is 131 Å². The predicted molar refractivity (Wildman–Crippen MR) is 85.8 cm³/mol. The molecule has 0 saturated heterocycles. The van der Waals surface area contributed by atoms with Gasteiger partial charge in [-0.05, 0) is 30.5 Å². The Bertz CT molecular complexity index is 519. The van der Waals surface area contributed by atoms with Gasteiger partial charge < -0.3 is 15.4 Å². The first-order valence-corrected chi connectivity index (χ1v) is 7.74. The standard InChI is InChI=1S/C17H24N2O3/c1-18-16(21)17(10-4-3-5-11-17)13-6-8-14(9-7-13)19-15(20)12-22-2/h6-9H,3-5,10-12H2,1-2H3,(H,18,21)(H,19,20). The van der Waals surface area contributed by atoms with Gasteiger partial charge in [-0.3, -0.25) is 9.59 Å². The van der Waals surface area contributed by atoms with Crippen molar-refractivity contribution in [3.05, 3.63) is 29.8 Å². The first-order chi connectivity index (χ1) is 10.6. The highest BCUT2D eigenvalue weighted by Gasteiger charge is 2.40. The Morgan fingerprint density at radius 2 is 1.77 bits per heavy atom. The Hall–Kier alpha value is -1.88. The number of rotatable bonds is 5. The summed E-state index contributed by atoms with van der Waals surface area (Å²) < 4.78 is 4.79. The molecule has 0 bridgehead atoms. The summed E-state index contributed by atoms with van der Waals surface area (Å²) in [5.41, 5.74) is 1.31. The highest BCUT2D eigenvalue weighted by molar-refractivity contribution is 5.92. The third-order valence-electron chi connectivity index (χ3n) is 4.37. The molecule has 1 aliphatic rings. The van der Waals surface area contributed by atoms with E-state index in [4.69, 9.17) is 4.74 Å². The summed E-state index contributed by atoms with van der Waals surface area (Å²) in [5, 5.41) is 5.58. The van der Waals surface area contributed by atoms with Gasteiger partial charge in [0.15, 0.2) is 0 Å². The fourth-order valence-corrected chi connectivity index (χ4v) is 3.24. The highest BCUT2D eigenvalue weighted by atomic mass is 16.5. The van der Waals surface area contributed by atoms with Crippen LogP contribution in [0.2, 0.25) is 0 Å². The van der Waals surface area contributed by atoms with E-state index in [2.05, 4.69) is 10.6 Å². The van der Waals surface area contributed by atoms with Crippen molar-refractivity contribution < 1.29 is 14.3 Å². The number of likely N-dealkylation sites (N-methyl/N-ethyl adjacent to an activating group) is 1. The van der Waals surface area contributed by atoms with Gasteiger partial charge in [0.1, 0.15) is 6.61 Å². The molecule has 1 aromatic rings. The van der Waals surface area contributed by atoms with Crippen LogP contribution in [0.1, 0.15) is 37.7 Å². The topological polar surface area (TPSA) is 67.4 Å². The third kappa shape index (κ3) is 3.47. The second kappa shape index (κ2) is 7.40. The molecule has 0 spiro atoms. The molecule has 0 unspecified atom stereocenters. The lowest BCUT2D eigenvalue weighted by molar-refractivity contribution is -0.127. The molecule has 0 atom stereocenters. The molecule has 1 fully saturated rings. The Kier molecular flexibility index (Phi) is 5.55. The van der Waals surface area contributed by atoms with E-state index >= 15 is 0 Å². The van der Waals surface area contributed by atoms with Gasteiger partial charge in [0, 0.05) is 19.8 Å². The van der Waals surface area contributed by atoms with Crippen molar-refractivity contribution in [3.63, 3.8) is 0 Å². The lowest BCUT2D eigenvalue weighted by Crippen LogP contribution is -2.44. The van der Waals surface area contributed by atoms with Crippen LogP contribution in [-0.4, -0.2) is 32.6 Å². The van der Waals surface area contributed by atoms with Gasteiger partial charge in [-0.2, -0.15) is 0 Å². The maximum atomic E-state index is 12.4. The van der Waals surface area contributed by atoms with Crippen LogP contribution in [0, 0.1) is 0 Å². The van der Waals surface area contributed by atoms with E-state index in [1.807, 2.05) is 24.3 Å². The minimum absolute atomic E-state index is 0.0317. The number of methoxy groups -OCH3 is 1. The Morgan fingerprint density at radius 3 is 2.32 bits per heavy atom. The van der Waals surface area contributed by atoms with Crippen LogP contribution < -0.4 is 10.6 Å². The van der Waals surface area contributed by atoms with E-state index < -0.39 is 5.41 Å². The van der Waals surface area contributed by atoms with Gasteiger partial charge in [0.25, 0.3) is 0 Å². The molecule has 0 heterocycles. The lowest BCUT2D eigenvalue weighted by atomic mass is 9.68. The van der Waals surface area contributed by atoms with E-state index in [0.29, 0.717) is 5.69 Å². The number of ether oxygens (including phenoxy) is 1. The monoisotopic (exact) mass is 304 g/mol. The van der Waals surface area contributed by atoms with Gasteiger partial charge in [0.2, 0.25) is 11.8 Å². The van der Waals surface area contributed by atoms with Crippen LogP contribution in [-0.2, 0) is 19.7 Å². The number of hydrogen-bond donors (Lipinski definition) is 2. The predicted octanol–water partition coefficient (Wildman–Crippen LogP) is 2.22. The number of nitrogens with one attached hydrogen (secondary N) is 2. The molecular formula is C17H24N2O3. The van der Waals surface area contributed by atoms with Crippen LogP contribution >= 0.6 is 0 Å². The van der Waals surface area contributed by atoms with Crippen molar-refractivity contribution in [2.45, 2.75) is 37.5 Å². The summed E-state index contributed by atoms with van der Waals surface area (Å²) in [4.78, 5) is 24.0. The Balaban J connectivity index is 2.19. The molecule has 5 heteroatoms. The van der Waals surface area contributed by atoms with Crippen molar-refractivity contribution in [2.24, 2.45) is 0 Å². The molecule has 0 aliphatic heterocycles. The van der Waals surface area contributed by atoms with Crippen molar-refractivity contribution in [3.8, 4) is 0 Å². The highest BCUT2D eigenvalue weighted by Crippen LogP contribution is 2.40. The molecule has 1 saturated carbocycles. The second-order valence-corrected chi connectivity index (χ2v) is 5.78. The van der Waals surface area contributed by atoms with E-state index in [9.17, 15) is 9.59 Å². The fraction of sp³-hybridized carbons (Fsp3) is 0.529. The SMILES string of the molecule is CNC(=O)C1(c2ccc(NC(=O)COC)cc2)CCCCC1. The number of anilines is 1. The lowest BCUT2D eigenvalue weighted by Gasteiger charge is -2.36. The molecular weight excluding hydrogens is 280 g/mol. The molecule has 22 heavy (non-hydrogen) atoms. The largest absolute Gasteiger partial charge is 0.375 e. The van der Waals surface area contributed by atoms with E-state index in [1.54, 1.807) is 7.05 Å². The number of carbonyl (C=O) groups is 2. The minimum Gasteiger partial charge on any atom is -0.375 e. The van der Waals surface area contributed by atoms with Crippen LogP contribution in [0.4, 0.5) is 5.69 Å². The van der Waals surface area contributed by atoms with Crippen LogP contribution in [0.25, 0.3) is 0 Å². The van der Waals surface area contributed by atoms with Crippen LogP contribution in [0.5, 0.6) is 0 Å². The van der Waals surface area contributed by atoms with Crippen molar-refractivity contribution in [1.29, 1.82) is 0 Å². The number of benzene rings is 1. The summed E-state index contributed by atoms with van der Waals surface area (Å²) >= 11 is 0. The molecule has 2 amide bonds. The molecule has 120 valence electrons. The molecule has 2 rings (SSSR count). The molecule has 2 N–H and O–H groups in total. The zero-order valence-corrected chi connectivity index (χ0v) is 13.3. The van der Waals surface area contributed by atoms with E-state index in [0.717, 1.165) is 31.2 Å². The minimum atomic E-state index is -0.429. The number of hydrogen-bond acceptors (Lipinski definition) is 3. The zero-order chi connectivity index (χ0) is 16.0. The molecule has 1 aliphatic carbocycles. The normalized spacial score (nSPS) is 16.8. The number of amides is 2. The Morgan fingerprint density at radius 1 is 1.14 bits per heavy atom. The quantitative estimate of drug-likeness (QED) is 0.876. The molecule has 0 aromatic heterocycles. The maximum Gasteiger partial charge on any atom is 0.250 e. The summed E-state index contributed by atoms with van der Waals surface area (Å²) in [5.74, 6) is -0.0997. The summed E-state index contributed by atoms with van der Waals surface area (Å²) in [6.07, 6.45) is 5.08. The van der Waals surface area contributed by atoms with E-state index in [-0.39, 0.29) is 18.4 Å². The molecule has 1 aromatic carbocycles. The first-order valence-electron chi connectivity index (χ1n) is 7.74. The molecule has 5 nitrogen and oxygen atoms in total. The zero-order valence-electron chi connectivity index (χ0n) is 13.3. The van der Waals surface area contributed by atoms with Crippen molar-refractivity contribution in [1.82, 2.24) is 5.32 Å². The van der Waals surface area contributed by atoms with Crippen molar-refractivity contribution >= 4 is 17.5 Å². The van der Waals surface area contributed by atoms with Crippen LogP contribution in [0.3, 0.4) is 0 Å². The fourth-order valence-electron chi connectivity index (χ4n) is 3.24. The first kappa shape index (κ1) is 16.5. The van der Waals surface area contributed by atoms with Gasteiger partial charge in [-0.1, -0.05) is 31.4 Å². The van der Waals surface area contributed by atoms with Crippen molar-refractivity contribution in [2.75, 3.05) is 26.1 Å². The average molecular weight is 304 g/mol. The smallest absolute Gasteiger partial charge is 0.250 e. The van der Waals surface area contributed by atoms with Gasteiger partial charge >= 0.3 is 0 Å². The summed E-state index contributed by atoms with van der Waals surface area (Å²) in [6.45, 7) is 0.0317. The third-order valence-corrected chi connectivity index (χ3v) is 4.37. The van der Waals surface area contributed by atoms with Gasteiger partial charge in [0.05, 0.1) is 5.41 Å². The molecule has 0 radical (unpaired) electrons. The van der Waals surface area contributed by atoms with Gasteiger partial charge in [-0.25, -0.2) is 0 Å². The summed E-state index contributed by atoms with van der Waals surface area (Å²) in [7, 11) is 3.18. The maximum absolute atomic E-state index is 12.4. The summed E-state index contributed by atoms with van der Waals surface area (Å²) in [6, 6.07) is 7.59. The van der Waals surface area contributed by atoms with Gasteiger partial charge in [-0.15, -0.1) is 0 Å². The number of carbonyl (C=O) groups excluding carboxylic acids is 2.